The van der Waals surface area contributed by atoms with Crippen LogP contribution in [0.5, 0.6) is 0 Å². The number of aromatic nitrogens is 2. The van der Waals surface area contributed by atoms with E-state index in [0.717, 1.165) is 18.4 Å². The fraction of sp³-hybridized carbons (Fsp3) is 0.333. The van der Waals surface area contributed by atoms with Gasteiger partial charge in [0, 0.05) is 10.6 Å². The zero-order chi connectivity index (χ0) is 14.2. The van der Waals surface area contributed by atoms with Gasteiger partial charge in [0.2, 0.25) is 5.82 Å². The second-order valence-electron chi connectivity index (χ2n) is 5.40. The zero-order valence-electron chi connectivity index (χ0n) is 11.4. The lowest BCUT2D eigenvalue weighted by Gasteiger charge is -2.29. The summed E-state index contributed by atoms with van der Waals surface area (Å²) in [6.07, 6.45) is 3.91. The molecule has 1 aromatic carbocycles. The van der Waals surface area contributed by atoms with Crippen molar-refractivity contribution < 1.29 is 9.26 Å². The summed E-state index contributed by atoms with van der Waals surface area (Å²) in [6.45, 7) is 4.10. The maximum atomic E-state index is 5.97. The molecule has 0 amide bonds. The van der Waals surface area contributed by atoms with Gasteiger partial charge in [0.15, 0.2) is 5.76 Å². The van der Waals surface area contributed by atoms with Gasteiger partial charge in [-0.25, -0.2) is 0 Å². The number of rotatable bonds is 2. The molecule has 0 bridgehead atoms. The third kappa shape index (κ3) is 2.70. The molecular formula is C15H15ClN2O2. The maximum absolute atomic E-state index is 5.97. The molecule has 5 heteroatoms. The van der Waals surface area contributed by atoms with Crippen molar-refractivity contribution in [3.8, 4) is 11.4 Å². The van der Waals surface area contributed by atoms with Crippen molar-refractivity contribution in [3.63, 3.8) is 0 Å². The lowest BCUT2D eigenvalue weighted by molar-refractivity contribution is 0.0547. The first kappa shape index (κ1) is 13.2. The second kappa shape index (κ2) is 4.94. The van der Waals surface area contributed by atoms with Gasteiger partial charge in [0.25, 0.3) is 5.89 Å². The van der Waals surface area contributed by atoms with E-state index in [2.05, 4.69) is 10.1 Å². The molecule has 3 rings (SSSR count). The molecule has 0 saturated carbocycles. The molecule has 0 aliphatic carbocycles. The Balaban J connectivity index is 1.89. The van der Waals surface area contributed by atoms with Gasteiger partial charge in [-0.15, -0.1) is 0 Å². The van der Waals surface area contributed by atoms with Gasteiger partial charge in [0.05, 0.1) is 0 Å². The van der Waals surface area contributed by atoms with E-state index in [4.69, 9.17) is 20.9 Å². The molecule has 4 nitrogen and oxygen atoms in total. The Morgan fingerprint density at radius 2 is 2.15 bits per heavy atom. The van der Waals surface area contributed by atoms with Crippen molar-refractivity contribution in [2.75, 3.05) is 0 Å². The van der Waals surface area contributed by atoms with Crippen LogP contribution in [0.25, 0.3) is 17.1 Å². The van der Waals surface area contributed by atoms with Crippen molar-refractivity contribution in [1.82, 2.24) is 10.1 Å². The van der Waals surface area contributed by atoms with E-state index in [9.17, 15) is 0 Å². The molecule has 104 valence electrons. The molecule has 0 fully saturated rings. The standard InChI is InChI=1S/C15H15ClN2O2/c1-15(2)8-4-7-12(19-15)14-17-13(18-20-14)10-5-3-6-11(16)9-10/h3,5-7,9H,4,8H2,1-2H3. The topological polar surface area (TPSA) is 48.2 Å². The van der Waals surface area contributed by atoms with Crippen LogP contribution in [0.2, 0.25) is 5.02 Å². The second-order valence-corrected chi connectivity index (χ2v) is 5.84. The Hall–Kier alpha value is -1.81. The van der Waals surface area contributed by atoms with Crippen LogP contribution in [0.1, 0.15) is 32.6 Å². The Morgan fingerprint density at radius 1 is 1.30 bits per heavy atom. The summed E-state index contributed by atoms with van der Waals surface area (Å²) in [4.78, 5) is 4.38. The molecule has 2 aromatic rings. The Morgan fingerprint density at radius 3 is 2.90 bits per heavy atom. The number of ether oxygens (including phenoxy) is 1. The van der Waals surface area contributed by atoms with Crippen LogP contribution in [0.3, 0.4) is 0 Å². The number of halogens is 1. The Kier molecular flexibility index (Phi) is 3.26. The highest BCUT2D eigenvalue weighted by Gasteiger charge is 2.27. The van der Waals surface area contributed by atoms with Crippen LogP contribution in [0.15, 0.2) is 34.9 Å². The highest BCUT2D eigenvalue weighted by molar-refractivity contribution is 6.30. The molecule has 20 heavy (non-hydrogen) atoms. The molecule has 0 saturated heterocycles. The smallest absolute Gasteiger partial charge is 0.292 e. The summed E-state index contributed by atoms with van der Waals surface area (Å²) in [5.74, 6) is 1.57. The van der Waals surface area contributed by atoms with Crippen molar-refractivity contribution in [2.24, 2.45) is 0 Å². The van der Waals surface area contributed by atoms with Crippen molar-refractivity contribution in [1.29, 1.82) is 0 Å². The Labute approximate surface area is 122 Å². The van der Waals surface area contributed by atoms with Crippen LogP contribution in [-0.4, -0.2) is 15.7 Å². The van der Waals surface area contributed by atoms with Crippen LogP contribution in [0, 0.1) is 0 Å². The number of hydrogen-bond donors (Lipinski definition) is 0. The molecular weight excluding hydrogens is 276 g/mol. The van der Waals surface area contributed by atoms with Gasteiger partial charge in [-0.2, -0.15) is 4.98 Å². The van der Waals surface area contributed by atoms with E-state index in [1.54, 1.807) is 12.1 Å². The van der Waals surface area contributed by atoms with Crippen LogP contribution in [-0.2, 0) is 4.74 Å². The first-order valence-electron chi connectivity index (χ1n) is 6.53. The molecule has 1 aliphatic rings. The van der Waals surface area contributed by atoms with E-state index in [0.29, 0.717) is 22.5 Å². The summed E-state index contributed by atoms with van der Waals surface area (Å²) < 4.78 is 11.2. The summed E-state index contributed by atoms with van der Waals surface area (Å²) >= 11 is 5.97. The molecule has 1 aromatic heterocycles. The lowest BCUT2D eigenvalue weighted by Crippen LogP contribution is -2.26. The van der Waals surface area contributed by atoms with Gasteiger partial charge >= 0.3 is 0 Å². The zero-order valence-corrected chi connectivity index (χ0v) is 12.1. The van der Waals surface area contributed by atoms with E-state index < -0.39 is 0 Å². The molecule has 0 radical (unpaired) electrons. The van der Waals surface area contributed by atoms with Crippen molar-refractivity contribution >= 4 is 17.4 Å². The Bertz CT molecular complexity index is 661. The summed E-state index contributed by atoms with van der Waals surface area (Å²) in [5.41, 5.74) is 0.623. The maximum Gasteiger partial charge on any atom is 0.292 e. The first-order valence-corrected chi connectivity index (χ1v) is 6.90. The number of benzene rings is 1. The van der Waals surface area contributed by atoms with Gasteiger partial charge in [-0.1, -0.05) is 28.9 Å². The fourth-order valence-corrected chi connectivity index (χ4v) is 2.33. The highest BCUT2D eigenvalue weighted by Crippen LogP contribution is 2.32. The normalized spacial score (nSPS) is 17.4. The summed E-state index contributed by atoms with van der Waals surface area (Å²) in [5, 5.41) is 4.63. The SMILES string of the molecule is CC1(C)CCC=C(c2nc(-c3cccc(Cl)c3)no2)O1. The molecule has 2 heterocycles. The lowest BCUT2D eigenvalue weighted by atomic mass is 9.99. The molecule has 0 unspecified atom stereocenters. The predicted molar refractivity (Wildman–Crippen MR) is 77.1 cm³/mol. The quantitative estimate of drug-likeness (QED) is 0.826. The van der Waals surface area contributed by atoms with Crippen LogP contribution in [0.4, 0.5) is 0 Å². The molecule has 1 aliphatic heterocycles. The largest absolute Gasteiger partial charge is 0.482 e. The van der Waals surface area contributed by atoms with E-state index in [-0.39, 0.29) is 5.60 Å². The molecule has 0 atom stereocenters. The average Bonchev–Trinajstić information content (AvgIpc) is 2.87. The minimum Gasteiger partial charge on any atom is -0.482 e. The van der Waals surface area contributed by atoms with Gasteiger partial charge < -0.3 is 9.26 Å². The van der Waals surface area contributed by atoms with Crippen LogP contribution >= 0.6 is 11.6 Å². The van der Waals surface area contributed by atoms with Crippen molar-refractivity contribution in [2.45, 2.75) is 32.3 Å². The number of hydrogen-bond acceptors (Lipinski definition) is 4. The monoisotopic (exact) mass is 290 g/mol. The number of allylic oxidation sites excluding steroid dienone is 1. The van der Waals surface area contributed by atoms with E-state index in [1.165, 1.54) is 0 Å². The minimum absolute atomic E-state index is 0.200. The fourth-order valence-electron chi connectivity index (χ4n) is 2.14. The third-order valence-corrected chi connectivity index (χ3v) is 3.42. The summed E-state index contributed by atoms with van der Waals surface area (Å²) in [7, 11) is 0. The predicted octanol–water partition coefficient (Wildman–Crippen LogP) is 4.32. The highest BCUT2D eigenvalue weighted by atomic mass is 35.5. The van der Waals surface area contributed by atoms with Gasteiger partial charge in [-0.05, 0) is 44.9 Å². The van der Waals surface area contributed by atoms with E-state index >= 15 is 0 Å². The van der Waals surface area contributed by atoms with Gasteiger partial charge in [0.1, 0.15) is 5.60 Å². The first-order chi connectivity index (χ1) is 9.53. The molecule has 0 N–H and O–H groups in total. The number of nitrogens with zero attached hydrogens (tertiary/aromatic N) is 2. The molecule has 0 spiro atoms. The van der Waals surface area contributed by atoms with Gasteiger partial charge in [-0.3, -0.25) is 0 Å². The van der Waals surface area contributed by atoms with Crippen LogP contribution < -0.4 is 0 Å². The minimum atomic E-state index is -0.200. The summed E-state index contributed by atoms with van der Waals surface area (Å²) in [6, 6.07) is 7.35. The third-order valence-electron chi connectivity index (χ3n) is 3.18. The van der Waals surface area contributed by atoms with E-state index in [1.807, 2.05) is 32.1 Å². The van der Waals surface area contributed by atoms with Crippen molar-refractivity contribution in [3.05, 3.63) is 41.3 Å². The average molecular weight is 291 g/mol.